The summed E-state index contributed by atoms with van der Waals surface area (Å²) in [7, 11) is 0. The number of anilines is 1. The molecule has 0 saturated carbocycles. The SMILES string of the molecule is C[C@@H](NC(=O)c1cc(C(F)(F)F)cnc1NCc1ccc(C2=CN=C3NN=C(N)C3C2)cc1)c1ccc(Br)cc1. The Balaban J connectivity index is 1.30. The third kappa shape index (κ3) is 6.01. The number of amides is 1. The lowest BCUT2D eigenvalue weighted by molar-refractivity contribution is -0.137. The van der Waals surface area contributed by atoms with Crippen molar-refractivity contribution in [3.8, 4) is 0 Å². The van der Waals surface area contributed by atoms with Crippen molar-refractivity contribution in [1.82, 2.24) is 15.7 Å². The molecule has 0 radical (unpaired) electrons. The van der Waals surface area contributed by atoms with Gasteiger partial charge in [0.15, 0.2) is 0 Å². The number of hydrazone groups is 1. The van der Waals surface area contributed by atoms with Crippen LogP contribution in [0.3, 0.4) is 0 Å². The summed E-state index contributed by atoms with van der Waals surface area (Å²) in [5.74, 6) is 0.554. The molecule has 8 nitrogen and oxygen atoms in total. The van der Waals surface area contributed by atoms with Gasteiger partial charge in [0.2, 0.25) is 0 Å². The van der Waals surface area contributed by atoms with Crippen molar-refractivity contribution in [3.05, 3.63) is 99.3 Å². The molecule has 0 bridgehead atoms. The van der Waals surface area contributed by atoms with Gasteiger partial charge in [-0.2, -0.15) is 18.3 Å². The molecule has 0 saturated heterocycles. The van der Waals surface area contributed by atoms with Crippen LogP contribution in [0, 0.1) is 5.92 Å². The summed E-state index contributed by atoms with van der Waals surface area (Å²) in [6, 6.07) is 15.3. The number of benzene rings is 2. The first kappa shape index (κ1) is 27.4. The molecule has 5 rings (SSSR count). The average molecular weight is 612 g/mol. The van der Waals surface area contributed by atoms with Crippen LogP contribution in [-0.2, 0) is 12.7 Å². The highest BCUT2D eigenvalue weighted by molar-refractivity contribution is 9.10. The Morgan fingerprint density at radius 2 is 1.90 bits per heavy atom. The number of nitrogens with two attached hydrogens (primary N) is 1. The highest BCUT2D eigenvalue weighted by atomic mass is 79.9. The maximum Gasteiger partial charge on any atom is 0.417 e. The largest absolute Gasteiger partial charge is 0.417 e. The van der Waals surface area contributed by atoms with Crippen LogP contribution >= 0.6 is 15.9 Å². The van der Waals surface area contributed by atoms with Crippen LogP contribution in [0.25, 0.3) is 5.57 Å². The van der Waals surface area contributed by atoms with Crippen molar-refractivity contribution < 1.29 is 18.0 Å². The lowest BCUT2D eigenvalue weighted by Gasteiger charge is -2.18. The number of fused-ring (bicyclic) bond motifs is 1. The number of halogens is 4. The van der Waals surface area contributed by atoms with Gasteiger partial charge in [0.1, 0.15) is 17.5 Å². The molecule has 12 heteroatoms. The van der Waals surface area contributed by atoms with Gasteiger partial charge >= 0.3 is 6.18 Å². The lowest BCUT2D eigenvalue weighted by Crippen LogP contribution is -2.29. The number of hydrogen-bond donors (Lipinski definition) is 4. The maximum absolute atomic E-state index is 13.4. The fraction of sp³-hybridized carbons (Fsp3) is 0.214. The molecule has 40 heavy (non-hydrogen) atoms. The quantitative estimate of drug-likeness (QED) is 0.277. The number of pyridine rings is 1. The first-order valence-corrected chi connectivity index (χ1v) is 13.2. The van der Waals surface area contributed by atoms with Gasteiger partial charge in [0.05, 0.1) is 23.1 Å². The molecule has 0 aliphatic carbocycles. The monoisotopic (exact) mass is 611 g/mol. The van der Waals surface area contributed by atoms with Crippen molar-refractivity contribution in [2.75, 3.05) is 5.32 Å². The van der Waals surface area contributed by atoms with Gasteiger partial charge in [-0.25, -0.2) is 9.98 Å². The molecule has 206 valence electrons. The molecule has 1 aromatic heterocycles. The number of aromatic nitrogens is 1. The maximum atomic E-state index is 13.4. The van der Waals surface area contributed by atoms with Crippen LogP contribution in [0.2, 0.25) is 0 Å². The summed E-state index contributed by atoms with van der Waals surface area (Å²) in [5, 5.41) is 9.82. The number of hydrogen-bond acceptors (Lipinski definition) is 7. The number of amidine groups is 2. The van der Waals surface area contributed by atoms with Crippen LogP contribution in [-0.4, -0.2) is 22.6 Å². The summed E-state index contributed by atoms with van der Waals surface area (Å²) >= 11 is 3.36. The Hall–Kier alpha value is -4.19. The highest BCUT2D eigenvalue weighted by Gasteiger charge is 2.33. The number of carbonyl (C=O) groups is 1. The zero-order valence-electron chi connectivity index (χ0n) is 21.3. The van der Waals surface area contributed by atoms with E-state index in [1.165, 1.54) is 0 Å². The molecule has 3 aromatic rings. The summed E-state index contributed by atoms with van der Waals surface area (Å²) in [4.78, 5) is 21.5. The van der Waals surface area contributed by atoms with E-state index >= 15 is 0 Å². The molecule has 2 aromatic carbocycles. The van der Waals surface area contributed by atoms with E-state index in [1.54, 1.807) is 13.1 Å². The summed E-state index contributed by atoms with van der Waals surface area (Å²) < 4.78 is 41.2. The number of carbonyl (C=O) groups excluding carboxylic acids is 1. The minimum atomic E-state index is -4.64. The molecule has 2 aliphatic rings. The minimum Gasteiger partial charge on any atom is -0.385 e. The van der Waals surface area contributed by atoms with Gasteiger partial charge in [-0.05, 0) is 53.8 Å². The molecule has 0 fully saturated rings. The predicted molar refractivity (Wildman–Crippen MR) is 151 cm³/mol. The lowest BCUT2D eigenvalue weighted by atomic mass is 9.91. The van der Waals surface area contributed by atoms with E-state index < -0.39 is 23.7 Å². The van der Waals surface area contributed by atoms with Gasteiger partial charge in [0.25, 0.3) is 5.91 Å². The minimum absolute atomic E-state index is 0.0536. The number of rotatable bonds is 7. The highest BCUT2D eigenvalue weighted by Crippen LogP contribution is 2.32. The van der Waals surface area contributed by atoms with Crippen LogP contribution in [0.4, 0.5) is 19.0 Å². The average Bonchev–Trinajstić information content (AvgIpc) is 3.31. The zero-order chi connectivity index (χ0) is 28.4. The molecular weight excluding hydrogens is 587 g/mol. The second-order valence-electron chi connectivity index (χ2n) is 9.49. The second kappa shape index (κ2) is 11.1. The van der Waals surface area contributed by atoms with E-state index in [2.05, 4.69) is 47.1 Å². The topological polar surface area (TPSA) is 117 Å². The zero-order valence-corrected chi connectivity index (χ0v) is 22.8. The number of nitrogens with one attached hydrogen (secondary N) is 3. The fourth-order valence-electron chi connectivity index (χ4n) is 4.42. The van der Waals surface area contributed by atoms with Gasteiger partial charge in [-0.15, -0.1) is 0 Å². The molecule has 1 amide bonds. The van der Waals surface area contributed by atoms with Gasteiger partial charge < -0.3 is 16.4 Å². The normalized spacial score (nSPS) is 17.1. The summed E-state index contributed by atoms with van der Waals surface area (Å²) in [5.41, 5.74) is 11.2. The van der Waals surface area contributed by atoms with Gasteiger partial charge in [-0.1, -0.05) is 52.3 Å². The smallest absolute Gasteiger partial charge is 0.385 e. The third-order valence-corrected chi connectivity index (χ3v) is 7.26. The van der Waals surface area contributed by atoms with E-state index in [4.69, 9.17) is 5.73 Å². The summed E-state index contributed by atoms with van der Waals surface area (Å²) in [6.07, 6.45) is -1.47. The predicted octanol–water partition coefficient (Wildman–Crippen LogP) is 5.60. The molecule has 3 heterocycles. The first-order chi connectivity index (χ1) is 19.1. The van der Waals surface area contributed by atoms with Gasteiger partial charge in [-0.3, -0.25) is 10.2 Å². The number of aliphatic imine (C=N–C) groups is 1. The first-order valence-electron chi connectivity index (χ1n) is 12.4. The van der Waals surface area contributed by atoms with E-state index in [0.29, 0.717) is 12.3 Å². The van der Waals surface area contributed by atoms with E-state index in [1.807, 2.05) is 48.5 Å². The Kier molecular flexibility index (Phi) is 7.61. The molecule has 1 unspecified atom stereocenters. The van der Waals surface area contributed by atoms with Crippen molar-refractivity contribution in [1.29, 1.82) is 0 Å². The van der Waals surface area contributed by atoms with Crippen molar-refractivity contribution in [3.63, 3.8) is 0 Å². The fourth-order valence-corrected chi connectivity index (χ4v) is 4.68. The number of nitrogens with zero attached hydrogens (tertiary/aromatic N) is 3. The molecule has 2 atom stereocenters. The molecular formula is C28H25BrF3N7O. The van der Waals surface area contributed by atoms with Crippen LogP contribution in [0.5, 0.6) is 0 Å². The number of allylic oxidation sites excluding steroid dienone is 1. The Morgan fingerprint density at radius 1 is 1.18 bits per heavy atom. The third-order valence-electron chi connectivity index (χ3n) is 6.73. The van der Waals surface area contributed by atoms with E-state index in [9.17, 15) is 18.0 Å². The van der Waals surface area contributed by atoms with E-state index in [0.717, 1.165) is 44.8 Å². The van der Waals surface area contributed by atoms with Crippen molar-refractivity contribution in [2.45, 2.75) is 32.1 Å². The van der Waals surface area contributed by atoms with E-state index in [-0.39, 0.29) is 23.8 Å². The molecule has 5 N–H and O–H groups in total. The number of alkyl halides is 3. The molecule has 2 aliphatic heterocycles. The van der Waals surface area contributed by atoms with Crippen LogP contribution in [0.15, 0.2) is 81.6 Å². The van der Waals surface area contributed by atoms with Gasteiger partial charge in [0, 0.05) is 23.4 Å². The van der Waals surface area contributed by atoms with Crippen molar-refractivity contribution >= 4 is 44.9 Å². The molecule has 0 spiro atoms. The summed E-state index contributed by atoms with van der Waals surface area (Å²) in [6.45, 7) is 2.00. The standard InChI is InChI=1S/C28H25BrF3N7O/c1-15(17-6-8-21(29)9-7-17)37-27(40)23-11-20(28(30,31)32)14-36-25(23)34-12-16-2-4-18(5-3-16)19-10-22-24(33)38-39-26(22)35-13-19/h2-9,11,13-15,22H,10,12H2,1H3,(H2,33,38)(H,34,36)(H,35,39)(H,37,40)/t15-,22?/m1/s1. The Morgan fingerprint density at radius 3 is 2.60 bits per heavy atom. The second-order valence-corrected chi connectivity index (χ2v) is 10.4. The van der Waals surface area contributed by atoms with Crippen molar-refractivity contribution in [2.24, 2.45) is 21.7 Å². The Bertz CT molecular complexity index is 1520. The van der Waals surface area contributed by atoms with Crippen LogP contribution < -0.4 is 21.8 Å². The van der Waals surface area contributed by atoms with Crippen LogP contribution in [0.1, 0.15) is 52.0 Å². The Labute approximate surface area is 236 Å².